The average Bonchev–Trinajstić information content (AvgIpc) is 3.48. The van der Waals surface area contributed by atoms with Crippen LogP contribution in [0.2, 0.25) is 5.02 Å². The van der Waals surface area contributed by atoms with Gasteiger partial charge in [0.05, 0.1) is 44.9 Å². The normalized spacial score (nSPS) is 20.3. The maximum atomic E-state index is 13.4. The van der Waals surface area contributed by atoms with E-state index in [1.54, 1.807) is 50.2 Å². The number of hydrogen-bond donors (Lipinski definition) is 3. The minimum Gasteiger partial charge on any atom is -0.489 e. The molecule has 3 aromatic carbocycles. The molecular formula is C47H54ClN9O7S. The average molecular weight is 925 g/mol. The van der Waals surface area contributed by atoms with E-state index in [0.717, 1.165) is 68.3 Å². The minimum absolute atomic E-state index is 0.0823. The van der Waals surface area contributed by atoms with Crippen molar-refractivity contribution in [2.75, 3.05) is 54.8 Å². The summed E-state index contributed by atoms with van der Waals surface area (Å²) >= 11 is 6.53. The number of para-hydroxylation sites is 1. The predicted molar refractivity (Wildman–Crippen MR) is 247 cm³/mol. The Balaban J connectivity index is 0.789. The molecule has 342 valence electrons. The van der Waals surface area contributed by atoms with Crippen molar-refractivity contribution in [2.45, 2.75) is 101 Å². The van der Waals surface area contributed by atoms with E-state index in [2.05, 4.69) is 59.7 Å². The highest BCUT2D eigenvalue weighted by atomic mass is 35.5. The van der Waals surface area contributed by atoms with Crippen LogP contribution < -0.4 is 25.6 Å². The number of hydrogen-bond acceptors (Lipinski definition) is 14. The van der Waals surface area contributed by atoms with E-state index in [-0.39, 0.29) is 40.6 Å². The summed E-state index contributed by atoms with van der Waals surface area (Å²) in [5.41, 5.74) is 4.97. The zero-order valence-corrected chi connectivity index (χ0v) is 38.7. The number of carbonyl (C=O) groups excluding carboxylic acids is 4. The number of fused-ring (bicyclic) bond motifs is 1. The first-order valence-corrected chi connectivity index (χ1v) is 24.3. The Morgan fingerprint density at radius 1 is 0.831 bits per heavy atom. The molecule has 0 saturated carbocycles. The van der Waals surface area contributed by atoms with Crippen LogP contribution in [-0.4, -0.2) is 125 Å². The summed E-state index contributed by atoms with van der Waals surface area (Å²) in [5.74, 6) is -0.373. The molecule has 65 heavy (non-hydrogen) atoms. The number of benzene rings is 3. The first-order chi connectivity index (χ1) is 31.0. The van der Waals surface area contributed by atoms with Gasteiger partial charge in [-0.15, -0.1) is 0 Å². The number of likely N-dealkylation sites (tertiary alicyclic amines) is 2. The van der Waals surface area contributed by atoms with Crippen molar-refractivity contribution in [3.05, 3.63) is 88.1 Å². The van der Waals surface area contributed by atoms with Gasteiger partial charge in [0.2, 0.25) is 17.8 Å². The SMILES string of the molecule is Cc1cc(Nc2ncc(Cl)c(Nc3ccccc3S(=O)(=O)C(C)C)n2)c(OC(C)C)cc1C1CCN(C2CN(C3CN(c4ccc5c(c4)C(=O)N(C4CCC(=O)NC4=O)C5=O)C3)C2)CC1. The topological polar surface area (TPSA) is 186 Å². The summed E-state index contributed by atoms with van der Waals surface area (Å²) in [7, 11) is -3.58. The van der Waals surface area contributed by atoms with E-state index in [4.69, 9.17) is 16.3 Å². The molecule has 0 radical (unpaired) electrons. The maximum absolute atomic E-state index is 13.4. The smallest absolute Gasteiger partial charge is 0.262 e. The van der Waals surface area contributed by atoms with Crippen molar-refractivity contribution in [3.8, 4) is 5.75 Å². The first-order valence-electron chi connectivity index (χ1n) is 22.3. The lowest BCUT2D eigenvalue weighted by molar-refractivity contribution is -0.136. The molecule has 4 saturated heterocycles. The van der Waals surface area contributed by atoms with E-state index < -0.39 is 44.8 Å². The van der Waals surface area contributed by atoms with E-state index in [1.807, 2.05) is 19.9 Å². The zero-order chi connectivity index (χ0) is 45.9. The number of piperidine rings is 2. The van der Waals surface area contributed by atoms with Crippen molar-refractivity contribution in [1.82, 2.24) is 30.0 Å². The summed E-state index contributed by atoms with van der Waals surface area (Å²) in [5, 5.41) is 8.34. The lowest BCUT2D eigenvalue weighted by atomic mass is 9.85. The van der Waals surface area contributed by atoms with Crippen LogP contribution in [0.4, 0.5) is 28.8 Å². The summed E-state index contributed by atoms with van der Waals surface area (Å²) in [6.45, 7) is 15.1. The number of halogens is 1. The van der Waals surface area contributed by atoms with E-state index in [0.29, 0.717) is 46.3 Å². The second-order valence-electron chi connectivity index (χ2n) is 18.3. The van der Waals surface area contributed by atoms with E-state index >= 15 is 0 Å². The molecule has 0 spiro atoms. The fourth-order valence-corrected chi connectivity index (χ4v) is 10.9. The molecular weight excluding hydrogens is 870 g/mol. The number of aromatic nitrogens is 2. The molecule has 6 heterocycles. The third kappa shape index (κ3) is 8.66. The maximum Gasteiger partial charge on any atom is 0.262 e. The monoisotopic (exact) mass is 923 g/mol. The van der Waals surface area contributed by atoms with Gasteiger partial charge in [0.15, 0.2) is 15.7 Å². The summed E-state index contributed by atoms with van der Waals surface area (Å²) in [6.07, 6.45) is 3.68. The van der Waals surface area contributed by atoms with Gasteiger partial charge in [-0.3, -0.25) is 39.2 Å². The molecule has 16 nitrogen and oxygen atoms in total. The Bertz CT molecular complexity index is 2680. The van der Waals surface area contributed by atoms with Crippen molar-refractivity contribution >= 4 is 73.9 Å². The fourth-order valence-electron chi connectivity index (χ4n) is 9.57. The van der Waals surface area contributed by atoms with Crippen LogP contribution in [0.15, 0.2) is 65.7 Å². The van der Waals surface area contributed by atoms with Gasteiger partial charge in [0, 0.05) is 50.4 Å². The van der Waals surface area contributed by atoms with Crippen LogP contribution in [-0.2, 0) is 19.4 Å². The molecule has 1 unspecified atom stereocenters. The Morgan fingerprint density at radius 3 is 2.25 bits per heavy atom. The highest BCUT2D eigenvalue weighted by molar-refractivity contribution is 7.92. The lowest BCUT2D eigenvalue weighted by Gasteiger charge is -2.55. The molecule has 0 bridgehead atoms. The Labute approximate surface area is 384 Å². The first kappa shape index (κ1) is 44.6. The van der Waals surface area contributed by atoms with Crippen molar-refractivity contribution in [3.63, 3.8) is 0 Å². The number of sulfone groups is 1. The van der Waals surface area contributed by atoms with Crippen LogP contribution >= 0.6 is 11.6 Å². The zero-order valence-electron chi connectivity index (χ0n) is 37.1. The van der Waals surface area contributed by atoms with E-state index in [1.165, 1.54) is 11.8 Å². The Morgan fingerprint density at radius 2 is 1.54 bits per heavy atom. The quantitative estimate of drug-likeness (QED) is 0.132. The number of rotatable bonds is 13. The van der Waals surface area contributed by atoms with Crippen LogP contribution in [0.1, 0.15) is 91.1 Å². The summed E-state index contributed by atoms with van der Waals surface area (Å²) in [6, 6.07) is 16.2. The Hall–Kier alpha value is -5.62. The number of nitrogens with one attached hydrogen (secondary N) is 3. The molecule has 4 aromatic rings. The van der Waals surface area contributed by atoms with Gasteiger partial charge in [-0.2, -0.15) is 4.98 Å². The van der Waals surface area contributed by atoms with E-state index in [9.17, 15) is 27.6 Å². The number of imide groups is 2. The van der Waals surface area contributed by atoms with Crippen molar-refractivity contribution in [2.24, 2.45) is 0 Å². The largest absolute Gasteiger partial charge is 0.489 e. The van der Waals surface area contributed by atoms with Gasteiger partial charge in [0.25, 0.3) is 11.8 Å². The third-order valence-electron chi connectivity index (χ3n) is 13.3. The summed E-state index contributed by atoms with van der Waals surface area (Å²) < 4.78 is 32.6. The second-order valence-corrected chi connectivity index (χ2v) is 21.1. The molecule has 4 fully saturated rings. The van der Waals surface area contributed by atoms with Gasteiger partial charge in [-0.05, 0) is 126 Å². The molecule has 1 aromatic heterocycles. The van der Waals surface area contributed by atoms with Gasteiger partial charge in [0.1, 0.15) is 16.8 Å². The number of amides is 4. The van der Waals surface area contributed by atoms with Gasteiger partial charge in [-0.25, -0.2) is 13.4 Å². The Kier molecular flexibility index (Phi) is 12.1. The number of aryl methyl sites for hydroxylation is 1. The predicted octanol–water partition coefficient (Wildman–Crippen LogP) is 6.05. The number of carbonyl (C=O) groups is 4. The van der Waals surface area contributed by atoms with Crippen LogP contribution in [0, 0.1) is 6.92 Å². The second kappa shape index (κ2) is 17.6. The number of ether oxygens (including phenoxy) is 1. The fraction of sp³-hybridized carbons (Fsp3) is 0.447. The highest BCUT2D eigenvalue weighted by Crippen LogP contribution is 2.40. The van der Waals surface area contributed by atoms with Gasteiger partial charge < -0.3 is 20.3 Å². The third-order valence-corrected chi connectivity index (χ3v) is 15.8. The van der Waals surface area contributed by atoms with Crippen LogP contribution in [0.3, 0.4) is 0 Å². The molecule has 18 heteroatoms. The molecule has 9 rings (SSSR count). The number of nitrogens with zero attached hydrogens (tertiary/aromatic N) is 6. The molecule has 5 aliphatic heterocycles. The van der Waals surface area contributed by atoms with Crippen molar-refractivity contribution < 1.29 is 32.3 Å². The van der Waals surface area contributed by atoms with Crippen LogP contribution in [0.25, 0.3) is 0 Å². The molecule has 0 aliphatic carbocycles. The van der Waals surface area contributed by atoms with Gasteiger partial charge >= 0.3 is 0 Å². The number of anilines is 5. The molecule has 1 atom stereocenters. The van der Waals surface area contributed by atoms with Crippen molar-refractivity contribution in [1.29, 1.82) is 0 Å². The molecule has 4 amide bonds. The lowest BCUT2D eigenvalue weighted by Crippen LogP contribution is -2.70. The standard InChI is InChI=1S/C47H54ClN9O7S/c1-26(2)64-40-20-34(28(5)18-38(40)51-47-49-21-36(48)43(53-47)50-37-8-6-7-9-41(37)65(62,63)27(3)4)29-14-16-54(17-15-29)31-22-56(23-31)32-24-55(25-32)30-10-11-33-35(19-30)46(61)57(45(33)60)39-12-13-42(58)52-44(39)59/h6-11,18-21,26-27,29,31-32,39H,12-17,22-25H2,1-5H3,(H,52,58,59)(H2,49,50,51,53). The summed E-state index contributed by atoms with van der Waals surface area (Å²) in [4.78, 5) is 68.3. The molecule has 5 aliphatic rings. The highest BCUT2D eigenvalue weighted by Gasteiger charge is 2.46. The van der Waals surface area contributed by atoms with Gasteiger partial charge in [-0.1, -0.05) is 23.7 Å². The van der Waals surface area contributed by atoms with Crippen LogP contribution in [0.5, 0.6) is 5.75 Å². The molecule has 3 N–H and O–H groups in total. The minimum atomic E-state index is -3.58.